The minimum atomic E-state index is -0.852. The topological polar surface area (TPSA) is 38.3 Å². The Morgan fingerprint density at radius 3 is 2.29 bits per heavy atom. The Morgan fingerprint density at radius 1 is 1.35 bits per heavy atom. The van der Waals surface area contributed by atoms with Gasteiger partial charge in [0.2, 0.25) is 0 Å². The highest BCUT2D eigenvalue weighted by Crippen LogP contribution is 2.24. The summed E-state index contributed by atoms with van der Waals surface area (Å²) in [4.78, 5) is 12.0. The van der Waals surface area contributed by atoms with Crippen molar-refractivity contribution in [2.75, 3.05) is 12.4 Å². The van der Waals surface area contributed by atoms with Gasteiger partial charge in [0.05, 0.1) is 0 Å². The van der Waals surface area contributed by atoms with Crippen LogP contribution < -0.4 is 5.32 Å². The molecule has 1 amide bonds. The molecule has 94 valence electrons. The molecule has 1 atom stereocenters. The van der Waals surface area contributed by atoms with E-state index >= 15 is 0 Å². The zero-order valence-electron chi connectivity index (χ0n) is 10.0. The smallest absolute Gasteiger partial charge is 0.256 e. The van der Waals surface area contributed by atoms with E-state index in [1.54, 1.807) is 25.1 Å². The summed E-state index contributed by atoms with van der Waals surface area (Å²) in [5, 5.41) is 3.68. The van der Waals surface area contributed by atoms with Gasteiger partial charge in [0.25, 0.3) is 5.91 Å². The van der Waals surface area contributed by atoms with Crippen LogP contribution in [0.25, 0.3) is 0 Å². The fourth-order valence-corrected chi connectivity index (χ4v) is 1.81. The van der Waals surface area contributed by atoms with Crippen molar-refractivity contribution in [3.8, 4) is 0 Å². The van der Waals surface area contributed by atoms with Gasteiger partial charge >= 0.3 is 0 Å². The molecule has 1 N–H and O–H groups in total. The minimum absolute atomic E-state index is 0.221. The third kappa shape index (κ3) is 3.60. The SMILES string of the molecule is CCC(C)(OC)C(=O)Nc1cc(Cl)cc(Cl)c1. The molecular formula is C12H15Cl2NO2. The lowest BCUT2D eigenvalue weighted by Gasteiger charge is -2.25. The van der Waals surface area contributed by atoms with E-state index in [-0.39, 0.29) is 5.91 Å². The molecule has 17 heavy (non-hydrogen) atoms. The van der Waals surface area contributed by atoms with Crippen LogP contribution in [0.1, 0.15) is 20.3 Å². The molecule has 0 spiro atoms. The number of halogens is 2. The summed E-state index contributed by atoms with van der Waals surface area (Å²) >= 11 is 11.7. The fraction of sp³-hybridized carbons (Fsp3) is 0.417. The van der Waals surface area contributed by atoms with Gasteiger partial charge in [0.15, 0.2) is 0 Å². The van der Waals surface area contributed by atoms with Gasteiger partial charge in [-0.25, -0.2) is 0 Å². The van der Waals surface area contributed by atoms with Crippen LogP contribution in [0.15, 0.2) is 18.2 Å². The molecule has 0 saturated heterocycles. The number of carbonyl (C=O) groups excluding carboxylic acids is 1. The number of anilines is 1. The van der Waals surface area contributed by atoms with Crippen LogP contribution in [0.3, 0.4) is 0 Å². The zero-order chi connectivity index (χ0) is 13.1. The van der Waals surface area contributed by atoms with E-state index in [1.807, 2.05) is 6.92 Å². The maximum absolute atomic E-state index is 12.0. The van der Waals surface area contributed by atoms with Crippen molar-refractivity contribution in [3.05, 3.63) is 28.2 Å². The highest BCUT2D eigenvalue weighted by Gasteiger charge is 2.30. The molecule has 0 aromatic heterocycles. The largest absolute Gasteiger partial charge is 0.369 e. The summed E-state index contributed by atoms with van der Waals surface area (Å²) in [6.07, 6.45) is 0.573. The first-order valence-corrected chi connectivity index (χ1v) is 5.99. The van der Waals surface area contributed by atoms with Crippen LogP contribution in [-0.4, -0.2) is 18.6 Å². The summed E-state index contributed by atoms with van der Waals surface area (Å²) in [5.74, 6) is -0.221. The average Bonchev–Trinajstić information content (AvgIpc) is 2.26. The number of hydrogen-bond donors (Lipinski definition) is 1. The van der Waals surface area contributed by atoms with Crippen LogP contribution in [0, 0.1) is 0 Å². The minimum Gasteiger partial charge on any atom is -0.369 e. The van der Waals surface area contributed by atoms with Crippen LogP contribution in [0.5, 0.6) is 0 Å². The van der Waals surface area contributed by atoms with Crippen LogP contribution in [-0.2, 0) is 9.53 Å². The molecule has 1 aromatic rings. The number of amides is 1. The number of methoxy groups -OCH3 is 1. The molecule has 0 aliphatic carbocycles. The Kier molecular flexibility index (Phi) is 4.80. The molecule has 0 saturated carbocycles. The Hall–Kier alpha value is -0.770. The summed E-state index contributed by atoms with van der Waals surface area (Å²) in [6.45, 7) is 3.61. The van der Waals surface area contributed by atoms with Gasteiger partial charge in [-0.3, -0.25) is 4.79 Å². The first-order valence-electron chi connectivity index (χ1n) is 5.24. The van der Waals surface area contributed by atoms with E-state index < -0.39 is 5.60 Å². The monoisotopic (exact) mass is 275 g/mol. The van der Waals surface area contributed by atoms with Gasteiger partial charge in [0, 0.05) is 22.8 Å². The van der Waals surface area contributed by atoms with E-state index in [2.05, 4.69) is 5.32 Å². The maximum atomic E-state index is 12.0. The van der Waals surface area contributed by atoms with Gasteiger partial charge in [-0.05, 0) is 31.5 Å². The van der Waals surface area contributed by atoms with Gasteiger partial charge in [-0.2, -0.15) is 0 Å². The molecule has 0 fully saturated rings. The Morgan fingerprint density at radius 2 is 1.88 bits per heavy atom. The molecule has 3 nitrogen and oxygen atoms in total. The average molecular weight is 276 g/mol. The Bertz CT molecular complexity index is 397. The summed E-state index contributed by atoms with van der Waals surface area (Å²) < 4.78 is 5.20. The van der Waals surface area contributed by atoms with E-state index in [9.17, 15) is 4.79 Å². The molecule has 0 bridgehead atoms. The van der Waals surface area contributed by atoms with E-state index in [1.165, 1.54) is 7.11 Å². The second kappa shape index (κ2) is 5.71. The van der Waals surface area contributed by atoms with Crippen molar-refractivity contribution in [1.82, 2.24) is 0 Å². The maximum Gasteiger partial charge on any atom is 0.256 e. The van der Waals surface area contributed by atoms with Crippen LogP contribution in [0.4, 0.5) is 5.69 Å². The Labute approximate surface area is 111 Å². The summed E-state index contributed by atoms with van der Waals surface area (Å²) in [6, 6.07) is 4.88. The first kappa shape index (κ1) is 14.3. The highest BCUT2D eigenvalue weighted by molar-refractivity contribution is 6.35. The molecule has 0 aliphatic rings. The third-order valence-electron chi connectivity index (χ3n) is 2.73. The fourth-order valence-electron chi connectivity index (χ4n) is 1.29. The van der Waals surface area contributed by atoms with Gasteiger partial charge in [0.1, 0.15) is 5.60 Å². The van der Waals surface area contributed by atoms with Crippen molar-refractivity contribution in [2.45, 2.75) is 25.9 Å². The standard InChI is InChI=1S/C12H15Cl2NO2/c1-4-12(2,17-3)11(16)15-10-6-8(13)5-9(14)7-10/h5-7H,4H2,1-3H3,(H,15,16). The molecule has 5 heteroatoms. The molecule has 1 unspecified atom stereocenters. The number of rotatable bonds is 4. The predicted molar refractivity (Wildman–Crippen MR) is 70.8 cm³/mol. The molecule has 0 aliphatic heterocycles. The lowest BCUT2D eigenvalue weighted by atomic mass is 10.0. The van der Waals surface area contributed by atoms with Gasteiger partial charge in [-0.15, -0.1) is 0 Å². The molecule has 1 rings (SSSR count). The second-order valence-electron chi connectivity index (χ2n) is 3.90. The van der Waals surface area contributed by atoms with Crippen molar-refractivity contribution in [2.24, 2.45) is 0 Å². The highest BCUT2D eigenvalue weighted by atomic mass is 35.5. The number of nitrogens with one attached hydrogen (secondary N) is 1. The molecule has 0 heterocycles. The molecule has 1 aromatic carbocycles. The lowest BCUT2D eigenvalue weighted by molar-refractivity contribution is -0.136. The zero-order valence-corrected chi connectivity index (χ0v) is 11.5. The lowest BCUT2D eigenvalue weighted by Crippen LogP contribution is -2.41. The van der Waals surface area contributed by atoms with Crippen molar-refractivity contribution in [1.29, 1.82) is 0 Å². The third-order valence-corrected chi connectivity index (χ3v) is 3.16. The molecule has 0 radical (unpaired) electrons. The van der Waals surface area contributed by atoms with E-state index in [0.29, 0.717) is 22.2 Å². The van der Waals surface area contributed by atoms with Crippen molar-refractivity contribution >= 4 is 34.8 Å². The number of benzene rings is 1. The van der Waals surface area contributed by atoms with Crippen molar-refractivity contribution in [3.63, 3.8) is 0 Å². The number of hydrogen-bond acceptors (Lipinski definition) is 2. The Balaban J connectivity index is 2.87. The normalized spacial score (nSPS) is 14.2. The summed E-state index contributed by atoms with van der Waals surface area (Å²) in [7, 11) is 1.51. The predicted octanol–water partition coefficient (Wildman–Crippen LogP) is 3.75. The molecular weight excluding hydrogens is 261 g/mol. The van der Waals surface area contributed by atoms with E-state index in [0.717, 1.165) is 0 Å². The summed E-state index contributed by atoms with van der Waals surface area (Å²) in [5.41, 5.74) is -0.293. The van der Waals surface area contributed by atoms with Gasteiger partial charge in [-0.1, -0.05) is 30.1 Å². The van der Waals surface area contributed by atoms with Crippen molar-refractivity contribution < 1.29 is 9.53 Å². The van der Waals surface area contributed by atoms with Crippen LogP contribution >= 0.6 is 23.2 Å². The first-order chi connectivity index (χ1) is 7.91. The second-order valence-corrected chi connectivity index (χ2v) is 4.77. The van der Waals surface area contributed by atoms with E-state index in [4.69, 9.17) is 27.9 Å². The number of ether oxygens (including phenoxy) is 1. The van der Waals surface area contributed by atoms with Crippen LogP contribution in [0.2, 0.25) is 10.0 Å². The quantitative estimate of drug-likeness (QED) is 0.909. The van der Waals surface area contributed by atoms with Gasteiger partial charge < -0.3 is 10.1 Å². The number of carbonyl (C=O) groups is 1.